The Hall–Kier alpha value is -1.36. The second kappa shape index (κ2) is 6.00. The van der Waals surface area contributed by atoms with Gasteiger partial charge in [-0.1, -0.05) is 0 Å². The van der Waals surface area contributed by atoms with Gasteiger partial charge in [0.15, 0.2) is 0 Å². The Morgan fingerprint density at radius 2 is 1.94 bits per heavy atom. The number of hydrogen-bond acceptors (Lipinski definition) is 5. The Kier molecular flexibility index (Phi) is 4.36. The molecule has 0 aliphatic carbocycles. The van der Waals surface area contributed by atoms with Crippen molar-refractivity contribution in [3.05, 3.63) is 12.4 Å². The molecule has 5 nitrogen and oxygen atoms in total. The van der Waals surface area contributed by atoms with Crippen LogP contribution in [0.1, 0.15) is 20.8 Å². The number of aromatic nitrogens is 2. The molecule has 100 valence electrons. The zero-order valence-corrected chi connectivity index (χ0v) is 11.6. The van der Waals surface area contributed by atoms with E-state index >= 15 is 0 Å². The maximum atomic E-state index is 4.37. The van der Waals surface area contributed by atoms with E-state index in [-0.39, 0.29) is 0 Å². The summed E-state index contributed by atoms with van der Waals surface area (Å²) in [6, 6.07) is 2.67. The highest BCUT2D eigenvalue weighted by atomic mass is 15.3. The highest BCUT2D eigenvalue weighted by molar-refractivity contribution is 5.48. The lowest BCUT2D eigenvalue weighted by Gasteiger charge is -2.37. The van der Waals surface area contributed by atoms with Crippen LogP contribution in [0.3, 0.4) is 0 Å². The van der Waals surface area contributed by atoms with E-state index in [9.17, 15) is 0 Å². The molecule has 1 aromatic rings. The van der Waals surface area contributed by atoms with Crippen LogP contribution in [0.25, 0.3) is 0 Å². The number of anilines is 2. The second-order valence-corrected chi connectivity index (χ2v) is 4.91. The molecule has 1 aliphatic rings. The number of rotatable bonds is 4. The van der Waals surface area contributed by atoms with E-state index in [0.29, 0.717) is 6.04 Å². The number of hydrogen-bond donors (Lipinski definition) is 1. The summed E-state index contributed by atoms with van der Waals surface area (Å²) in [4.78, 5) is 13.4. The van der Waals surface area contributed by atoms with Crippen molar-refractivity contribution in [3.63, 3.8) is 0 Å². The predicted octanol–water partition coefficient (Wildman–Crippen LogP) is 1.44. The average Bonchev–Trinajstić information content (AvgIpc) is 2.39. The van der Waals surface area contributed by atoms with Gasteiger partial charge in [0.05, 0.1) is 0 Å². The van der Waals surface area contributed by atoms with Crippen LogP contribution in [0.2, 0.25) is 0 Å². The van der Waals surface area contributed by atoms with Crippen LogP contribution < -0.4 is 10.2 Å². The third-order valence-electron chi connectivity index (χ3n) is 3.38. The van der Waals surface area contributed by atoms with Crippen molar-refractivity contribution in [3.8, 4) is 0 Å². The van der Waals surface area contributed by atoms with E-state index in [1.54, 1.807) is 6.33 Å². The minimum absolute atomic E-state index is 0.634. The molecular weight excluding hydrogens is 226 g/mol. The Morgan fingerprint density at radius 3 is 2.56 bits per heavy atom. The molecule has 18 heavy (non-hydrogen) atoms. The predicted molar refractivity (Wildman–Crippen MR) is 75.1 cm³/mol. The van der Waals surface area contributed by atoms with Gasteiger partial charge in [-0.2, -0.15) is 0 Å². The summed E-state index contributed by atoms with van der Waals surface area (Å²) in [5.74, 6) is 1.94. The van der Waals surface area contributed by atoms with Gasteiger partial charge in [-0.05, 0) is 20.8 Å². The molecule has 1 saturated heterocycles. The fraction of sp³-hybridized carbons (Fsp3) is 0.692. The second-order valence-electron chi connectivity index (χ2n) is 4.91. The summed E-state index contributed by atoms with van der Waals surface area (Å²) in [7, 11) is 0. The lowest BCUT2D eigenvalue weighted by atomic mass is 10.2. The van der Waals surface area contributed by atoms with E-state index < -0.39 is 0 Å². The van der Waals surface area contributed by atoms with Crippen molar-refractivity contribution in [1.29, 1.82) is 0 Å². The number of nitrogens with zero attached hydrogens (tertiary/aromatic N) is 4. The van der Waals surface area contributed by atoms with E-state index in [4.69, 9.17) is 0 Å². The number of nitrogens with one attached hydrogen (secondary N) is 1. The highest BCUT2D eigenvalue weighted by Crippen LogP contribution is 2.16. The van der Waals surface area contributed by atoms with Gasteiger partial charge in [-0.15, -0.1) is 0 Å². The number of piperazine rings is 1. The molecule has 1 aromatic heterocycles. The Balaban J connectivity index is 1.98. The fourth-order valence-electron chi connectivity index (χ4n) is 2.27. The van der Waals surface area contributed by atoms with Crippen LogP contribution in [-0.4, -0.2) is 53.6 Å². The van der Waals surface area contributed by atoms with Gasteiger partial charge in [-0.3, -0.25) is 4.90 Å². The molecule has 0 aromatic carbocycles. The summed E-state index contributed by atoms with van der Waals surface area (Å²) in [6.07, 6.45) is 1.64. The molecular formula is C13H23N5. The quantitative estimate of drug-likeness (QED) is 0.874. The van der Waals surface area contributed by atoms with Gasteiger partial charge in [-0.25, -0.2) is 9.97 Å². The van der Waals surface area contributed by atoms with E-state index in [0.717, 1.165) is 44.4 Å². The van der Waals surface area contributed by atoms with Crippen LogP contribution in [-0.2, 0) is 0 Å². The Morgan fingerprint density at radius 1 is 1.22 bits per heavy atom. The molecule has 2 rings (SSSR count). The van der Waals surface area contributed by atoms with Crippen molar-refractivity contribution >= 4 is 11.6 Å². The summed E-state index contributed by atoms with van der Waals surface area (Å²) >= 11 is 0. The van der Waals surface area contributed by atoms with Crippen molar-refractivity contribution in [2.75, 3.05) is 42.9 Å². The first-order chi connectivity index (χ1) is 8.70. The van der Waals surface area contributed by atoms with Gasteiger partial charge >= 0.3 is 0 Å². The summed E-state index contributed by atoms with van der Waals surface area (Å²) in [5.41, 5.74) is 0. The normalized spacial score (nSPS) is 17.2. The molecule has 0 atom stereocenters. The first-order valence-electron chi connectivity index (χ1n) is 6.75. The van der Waals surface area contributed by atoms with Crippen LogP contribution in [0.5, 0.6) is 0 Å². The van der Waals surface area contributed by atoms with Gasteiger partial charge in [0.25, 0.3) is 0 Å². The molecule has 0 unspecified atom stereocenters. The molecule has 0 spiro atoms. The molecule has 1 fully saturated rings. The molecule has 0 radical (unpaired) electrons. The van der Waals surface area contributed by atoms with Crippen molar-refractivity contribution in [2.24, 2.45) is 0 Å². The molecule has 1 aliphatic heterocycles. The van der Waals surface area contributed by atoms with Crippen LogP contribution >= 0.6 is 0 Å². The minimum Gasteiger partial charge on any atom is -0.370 e. The molecule has 0 saturated carbocycles. The first kappa shape index (κ1) is 13.1. The zero-order valence-electron chi connectivity index (χ0n) is 11.6. The maximum absolute atomic E-state index is 4.37. The Labute approximate surface area is 109 Å². The zero-order chi connectivity index (χ0) is 13.0. The van der Waals surface area contributed by atoms with Crippen LogP contribution in [0.15, 0.2) is 12.4 Å². The molecule has 2 heterocycles. The minimum atomic E-state index is 0.634. The monoisotopic (exact) mass is 249 g/mol. The largest absolute Gasteiger partial charge is 0.370 e. The topological polar surface area (TPSA) is 44.3 Å². The van der Waals surface area contributed by atoms with Crippen LogP contribution in [0.4, 0.5) is 11.6 Å². The van der Waals surface area contributed by atoms with Gasteiger partial charge in [0, 0.05) is 44.8 Å². The molecule has 0 amide bonds. The molecule has 0 bridgehead atoms. The van der Waals surface area contributed by atoms with Gasteiger partial charge in [0.1, 0.15) is 18.0 Å². The fourth-order valence-corrected chi connectivity index (χ4v) is 2.27. The molecule has 1 N–H and O–H groups in total. The van der Waals surface area contributed by atoms with Crippen LogP contribution in [0, 0.1) is 0 Å². The van der Waals surface area contributed by atoms with Crippen molar-refractivity contribution < 1.29 is 0 Å². The third kappa shape index (κ3) is 3.10. The van der Waals surface area contributed by atoms with E-state index in [1.165, 1.54) is 0 Å². The summed E-state index contributed by atoms with van der Waals surface area (Å²) in [5, 5.41) is 3.23. The van der Waals surface area contributed by atoms with Crippen molar-refractivity contribution in [2.45, 2.75) is 26.8 Å². The van der Waals surface area contributed by atoms with Gasteiger partial charge in [0.2, 0.25) is 0 Å². The van der Waals surface area contributed by atoms with E-state index in [2.05, 4.69) is 45.9 Å². The van der Waals surface area contributed by atoms with Gasteiger partial charge < -0.3 is 10.2 Å². The maximum Gasteiger partial charge on any atom is 0.134 e. The highest BCUT2D eigenvalue weighted by Gasteiger charge is 2.19. The third-order valence-corrected chi connectivity index (χ3v) is 3.38. The Bertz CT molecular complexity index is 371. The van der Waals surface area contributed by atoms with E-state index in [1.807, 2.05) is 6.07 Å². The standard InChI is InChI=1S/C13H23N5/c1-4-14-12-9-13(16-10-15-12)18-7-5-17(6-8-18)11(2)3/h9-11H,4-8H2,1-3H3,(H,14,15,16). The lowest BCUT2D eigenvalue weighted by molar-refractivity contribution is 0.209. The van der Waals surface area contributed by atoms with Crippen molar-refractivity contribution in [1.82, 2.24) is 14.9 Å². The molecule has 5 heteroatoms. The smallest absolute Gasteiger partial charge is 0.134 e. The SMILES string of the molecule is CCNc1cc(N2CCN(C(C)C)CC2)ncn1. The summed E-state index contributed by atoms with van der Waals surface area (Å²) < 4.78 is 0. The first-order valence-corrected chi connectivity index (χ1v) is 6.75. The lowest BCUT2D eigenvalue weighted by Crippen LogP contribution is -2.49. The summed E-state index contributed by atoms with van der Waals surface area (Å²) in [6.45, 7) is 11.8. The average molecular weight is 249 g/mol.